The van der Waals surface area contributed by atoms with Crippen LogP contribution < -0.4 is 15.5 Å². The van der Waals surface area contributed by atoms with Crippen LogP contribution >= 0.6 is 0 Å². The summed E-state index contributed by atoms with van der Waals surface area (Å²) in [6, 6.07) is 18.7. The number of hydrazone groups is 1. The fourth-order valence-electron chi connectivity index (χ4n) is 2.66. The summed E-state index contributed by atoms with van der Waals surface area (Å²) in [5.41, 5.74) is 4.08. The maximum Gasteiger partial charge on any atom is 0.259 e. The summed E-state index contributed by atoms with van der Waals surface area (Å²) < 4.78 is 5.32. The number of nitrogens with one attached hydrogen (secondary N) is 2. The number of ether oxygens (including phenoxy) is 1. The van der Waals surface area contributed by atoms with Gasteiger partial charge in [0.15, 0.2) is 11.5 Å². The molecule has 138 valence electrons. The van der Waals surface area contributed by atoms with E-state index < -0.39 is 0 Å². The van der Waals surface area contributed by atoms with E-state index in [1.165, 1.54) is 12.3 Å². The summed E-state index contributed by atoms with van der Waals surface area (Å²) in [6.45, 7) is 2.39. The molecule has 0 saturated carbocycles. The Morgan fingerprint density at radius 2 is 1.96 bits per heavy atom. The fraction of sp³-hybridized carbons (Fsp3) is 0.143. The van der Waals surface area contributed by atoms with Crippen molar-refractivity contribution >= 4 is 28.6 Å². The number of carbonyl (C=O) groups excluding carboxylic acids is 1. The molecule has 3 N–H and O–H groups in total. The van der Waals surface area contributed by atoms with Gasteiger partial charge in [-0.25, -0.2) is 5.43 Å². The first kappa shape index (κ1) is 18.3. The molecular formula is C21H21N3O3. The van der Waals surface area contributed by atoms with Gasteiger partial charge in [-0.2, -0.15) is 5.10 Å². The van der Waals surface area contributed by atoms with Gasteiger partial charge in [0.2, 0.25) is 0 Å². The minimum Gasteiger partial charge on any atom is -0.504 e. The lowest BCUT2D eigenvalue weighted by Crippen LogP contribution is -2.25. The number of carbonyl (C=O) groups is 1. The first-order valence-corrected chi connectivity index (χ1v) is 8.66. The van der Waals surface area contributed by atoms with E-state index in [0.717, 1.165) is 16.5 Å². The van der Waals surface area contributed by atoms with Gasteiger partial charge in [-0.05, 0) is 42.1 Å². The molecule has 0 unspecified atom stereocenters. The lowest BCUT2D eigenvalue weighted by atomic mass is 10.1. The Bertz CT molecular complexity index is 965. The van der Waals surface area contributed by atoms with Gasteiger partial charge in [-0.1, -0.05) is 36.4 Å². The minimum absolute atomic E-state index is 0.0670. The zero-order chi connectivity index (χ0) is 19.1. The molecule has 0 saturated heterocycles. The molecule has 6 nitrogen and oxygen atoms in total. The summed E-state index contributed by atoms with van der Waals surface area (Å²) in [5.74, 6) is 0.186. The first-order valence-electron chi connectivity index (χ1n) is 8.66. The van der Waals surface area contributed by atoms with Crippen LogP contribution in [0.2, 0.25) is 0 Å². The van der Waals surface area contributed by atoms with Crippen molar-refractivity contribution in [2.45, 2.75) is 6.92 Å². The number of amides is 1. The molecule has 0 heterocycles. The third kappa shape index (κ3) is 4.76. The average molecular weight is 363 g/mol. The molecule has 3 aromatic rings. The van der Waals surface area contributed by atoms with E-state index in [-0.39, 0.29) is 18.2 Å². The number of anilines is 1. The highest BCUT2D eigenvalue weighted by Crippen LogP contribution is 2.26. The number of hydrogen-bond donors (Lipinski definition) is 3. The van der Waals surface area contributed by atoms with Gasteiger partial charge in [-0.3, -0.25) is 4.79 Å². The summed E-state index contributed by atoms with van der Waals surface area (Å²) in [4.78, 5) is 12.0. The van der Waals surface area contributed by atoms with Crippen molar-refractivity contribution in [3.63, 3.8) is 0 Å². The molecule has 6 heteroatoms. The van der Waals surface area contributed by atoms with Gasteiger partial charge < -0.3 is 15.2 Å². The van der Waals surface area contributed by atoms with Crippen molar-refractivity contribution in [1.82, 2.24) is 5.43 Å². The molecule has 0 spiro atoms. The Morgan fingerprint density at radius 3 is 2.81 bits per heavy atom. The number of aromatic hydroxyl groups is 1. The van der Waals surface area contributed by atoms with Crippen LogP contribution in [0.15, 0.2) is 65.8 Å². The van der Waals surface area contributed by atoms with E-state index >= 15 is 0 Å². The zero-order valence-corrected chi connectivity index (χ0v) is 15.0. The normalized spacial score (nSPS) is 10.9. The molecule has 0 fully saturated rings. The van der Waals surface area contributed by atoms with E-state index in [9.17, 15) is 9.90 Å². The Hall–Kier alpha value is -3.54. The highest BCUT2D eigenvalue weighted by atomic mass is 16.5. The summed E-state index contributed by atoms with van der Waals surface area (Å²) >= 11 is 0. The standard InChI is InChI=1S/C21H21N3O3/c1-2-27-20-12-15(10-11-19(20)25)13-23-24-21(26)14-22-18-9-5-7-16-6-3-4-8-17(16)18/h3-13,22,25H,2,14H2,1H3,(H,24,26)/b23-13+. The van der Waals surface area contributed by atoms with Crippen molar-refractivity contribution in [2.24, 2.45) is 5.10 Å². The first-order chi connectivity index (χ1) is 13.2. The number of benzene rings is 3. The summed E-state index contributed by atoms with van der Waals surface area (Å²) in [7, 11) is 0. The minimum atomic E-state index is -0.261. The van der Waals surface area contributed by atoms with Crippen LogP contribution in [-0.4, -0.2) is 30.4 Å². The fourth-order valence-corrected chi connectivity index (χ4v) is 2.66. The van der Waals surface area contributed by atoms with Crippen LogP contribution in [0.3, 0.4) is 0 Å². The lowest BCUT2D eigenvalue weighted by Gasteiger charge is -2.09. The third-order valence-electron chi connectivity index (χ3n) is 3.92. The largest absolute Gasteiger partial charge is 0.504 e. The van der Waals surface area contributed by atoms with Crippen molar-refractivity contribution in [3.05, 3.63) is 66.2 Å². The second kappa shape index (κ2) is 8.71. The monoisotopic (exact) mass is 363 g/mol. The van der Waals surface area contributed by atoms with Crippen LogP contribution in [0.1, 0.15) is 12.5 Å². The van der Waals surface area contributed by atoms with Gasteiger partial charge >= 0.3 is 0 Å². The van der Waals surface area contributed by atoms with Crippen LogP contribution in [-0.2, 0) is 4.79 Å². The number of fused-ring (bicyclic) bond motifs is 1. The van der Waals surface area contributed by atoms with Gasteiger partial charge in [0.05, 0.1) is 19.4 Å². The van der Waals surface area contributed by atoms with Crippen LogP contribution in [0, 0.1) is 0 Å². The smallest absolute Gasteiger partial charge is 0.259 e. The molecule has 3 rings (SSSR count). The van der Waals surface area contributed by atoms with Crippen molar-refractivity contribution in [1.29, 1.82) is 0 Å². The van der Waals surface area contributed by atoms with E-state index in [1.807, 2.05) is 49.4 Å². The molecule has 0 aromatic heterocycles. The molecule has 0 aliphatic rings. The quantitative estimate of drug-likeness (QED) is 0.443. The van der Waals surface area contributed by atoms with Gasteiger partial charge in [0, 0.05) is 11.1 Å². The summed E-state index contributed by atoms with van der Waals surface area (Å²) in [6.07, 6.45) is 1.50. The zero-order valence-electron chi connectivity index (χ0n) is 15.0. The van der Waals surface area contributed by atoms with Crippen molar-refractivity contribution in [3.8, 4) is 11.5 Å². The number of rotatable bonds is 7. The molecule has 0 bridgehead atoms. The van der Waals surface area contributed by atoms with E-state index in [0.29, 0.717) is 17.9 Å². The van der Waals surface area contributed by atoms with E-state index in [2.05, 4.69) is 15.8 Å². The van der Waals surface area contributed by atoms with Gasteiger partial charge in [-0.15, -0.1) is 0 Å². The average Bonchev–Trinajstić information content (AvgIpc) is 2.69. The SMILES string of the molecule is CCOc1cc(/C=N/NC(=O)CNc2cccc3ccccc23)ccc1O. The highest BCUT2D eigenvalue weighted by Gasteiger charge is 2.04. The number of phenols is 1. The van der Waals surface area contributed by atoms with Crippen LogP contribution in [0.5, 0.6) is 11.5 Å². The van der Waals surface area contributed by atoms with E-state index in [4.69, 9.17) is 4.74 Å². The molecule has 1 amide bonds. The topological polar surface area (TPSA) is 83.0 Å². The molecule has 3 aromatic carbocycles. The predicted molar refractivity (Wildman–Crippen MR) is 107 cm³/mol. The molecule has 0 radical (unpaired) electrons. The van der Waals surface area contributed by atoms with Crippen molar-refractivity contribution in [2.75, 3.05) is 18.5 Å². The number of hydrogen-bond acceptors (Lipinski definition) is 5. The van der Waals surface area contributed by atoms with Crippen molar-refractivity contribution < 1.29 is 14.6 Å². The Balaban J connectivity index is 1.57. The maximum atomic E-state index is 12.0. The Labute approximate surface area is 157 Å². The van der Waals surface area contributed by atoms with Crippen LogP contribution in [0.25, 0.3) is 10.8 Å². The second-order valence-electron chi connectivity index (χ2n) is 5.83. The van der Waals surface area contributed by atoms with Gasteiger partial charge in [0.25, 0.3) is 5.91 Å². The molecule has 27 heavy (non-hydrogen) atoms. The predicted octanol–water partition coefficient (Wildman–Crippen LogP) is 3.51. The molecule has 0 aliphatic heterocycles. The maximum absolute atomic E-state index is 12.0. The lowest BCUT2D eigenvalue weighted by molar-refractivity contribution is -0.119. The Morgan fingerprint density at radius 1 is 1.15 bits per heavy atom. The number of nitrogens with zero attached hydrogens (tertiary/aromatic N) is 1. The third-order valence-corrected chi connectivity index (χ3v) is 3.92. The Kier molecular flexibility index (Phi) is 5.89. The highest BCUT2D eigenvalue weighted by molar-refractivity contribution is 5.95. The second-order valence-corrected chi connectivity index (χ2v) is 5.83. The van der Waals surface area contributed by atoms with E-state index in [1.54, 1.807) is 12.1 Å². The molecule has 0 aliphatic carbocycles. The molecule has 0 atom stereocenters. The van der Waals surface area contributed by atoms with Crippen LogP contribution in [0.4, 0.5) is 5.69 Å². The summed E-state index contributed by atoms with van der Waals surface area (Å²) in [5, 5.41) is 18.9. The molecular weight excluding hydrogens is 342 g/mol. The number of phenolic OH excluding ortho intramolecular Hbond substituents is 1. The van der Waals surface area contributed by atoms with Gasteiger partial charge in [0.1, 0.15) is 0 Å².